The molecule has 2 fully saturated rings. The third-order valence-corrected chi connectivity index (χ3v) is 5.21. The van der Waals surface area contributed by atoms with Crippen molar-refractivity contribution in [3.8, 4) is 0 Å². The van der Waals surface area contributed by atoms with E-state index in [1.165, 1.54) is 12.8 Å². The molecule has 1 aliphatic carbocycles. The fraction of sp³-hybridized carbons (Fsp3) is 0.944. The van der Waals surface area contributed by atoms with Gasteiger partial charge in [-0.1, -0.05) is 6.92 Å². The summed E-state index contributed by atoms with van der Waals surface area (Å²) in [5, 5.41) is 3.74. The van der Waals surface area contributed by atoms with E-state index in [4.69, 9.17) is 10.5 Å². The molecule has 0 aromatic carbocycles. The molecule has 1 amide bonds. The second-order valence-corrected chi connectivity index (χ2v) is 8.77. The maximum atomic E-state index is 12.1. The van der Waals surface area contributed by atoms with Crippen molar-refractivity contribution in [1.29, 1.82) is 0 Å². The zero-order valence-electron chi connectivity index (χ0n) is 15.4. The summed E-state index contributed by atoms with van der Waals surface area (Å²) in [6.07, 6.45) is 6.56. The zero-order chi connectivity index (χ0) is 17.1. The van der Waals surface area contributed by atoms with Gasteiger partial charge in [-0.25, -0.2) is 4.79 Å². The van der Waals surface area contributed by atoms with Crippen LogP contribution in [0.5, 0.6) is 0 Å². The molecule has 5 heteroatoms. The van der Waals surface area contributed by atoms with Crippen LogP contribution in [0.3, 0.4) is 0 Å². The zero-order valence-corrected chi connectivity index (χ0v) is 15.4. The second-order valence-electron chi connectivity index (χ2n) is 8.77. The summed E-state index contributed by atoms with van der Waals surface area (Å²) in [6.45, 7) is 10.7. The molecule has 134 valence electrons. The fourth-order valence-electron chi connectivity index (χ4n) is 3.45. The first-order valence-corrected chi connectivity index (χ1v) is 9.14. The van der Waals surface area contributed by atoms with Crippen molar-refractivity contribution in [1.82, 2.24) is 10.2 Å². The van der Waals surface area contributed by atoms with Gasteiger partial charge < -0.3 is 20.7 Å². The van der Waals surface area contributed by atoms with Crippen LogP contribution in [0.4, 0.5) is 4.79 Å². The average molecular weight is 325 g/mol. The van der Waals surface area contributed by atoms with Crippen molar-refractivity contribution in [2.75, 3.05) is 19.6 Å². The maximum absolute atomic E-state index is 12.1. The lowest BCUT2D eigenvalue weighted by Gasteiger charge is -2.41. The molecular weight excluding hydrogens is 290 g/mol. The number of nitrogens with one attached hydrogen (secondary N) is 1. The number of nitrogens with zero attached hydrogens (tertiary/aromatic N) is 1. The summed E-state index contributed by atoms with van der Waals surface area (Å²) >= 11 is 0. The highest BCUT2D eigenvalue weighted by atomic mass is 16.6. The molecule has 0 radical (unpaired) electrons. The Hall–Kier alpha value is -0.810. The topological polar surface area (TPSA) is 67.6 Å². The summed E-state index contributed by atoms with van der Waals surface area (Å²) < 4.78 is 5.47. The van der Waals surface area contributed by atoms with Crippen molar-refractivity contribution in [2.24, 2.45) is 11.1 Å². The number of amides is 1. The van der Waals surface area contributed by atoms with Crippen LogP contribution in [0.15, 0.2) is 0 Å². The van der Waals surface area contributed by atoms with Gasteiger partial charge in [-0.05, 0) is 64.7 Å². The molecule has 1 heterocycles. The lowest BCUT2D eigenvalue weighted by Crippen LogP contribution is -2.49. The predicted octanol–water partition coefficient (Wildman–Crippen LogP) is 2.88. The Morgan fingerprint density at radius 2 is 1.78 bits per heavy atom. The number of piperidine rings is 1. The van der Waals surface area contributed by atoms with E-state index in [2.05, 4.69) is 12.2 Å². The van der Waals surface area contributed by atoms with Crippen molar-refractivity contribution >= 4 is 6.09 Å². The van der Waals surface area contributed by atoms with Gasteiger partial charge in [0.05, 0.1) is 0 Å². The molecule has 0 bridgehead atoms. The standard InChI is InChI=1S/C18H35N3O2/c1-17(2,3)23-16(22)21-11-9-18(4,10-12-21)13-20-15-7-5-14(19)6-8-15/h14-15,20H,5-13,19H2,1-4H3. The molecule has 0 aromatic heterocycles. The van der Waals surface area contributed by atoms with E-state index in [0.717, 1.165) is 45.3 Å². The van der Waals surface area contributed by atoms with Gasteiger partial charge in [0, 0.05) is 31.7 Å². The number of likely N-dealkylation sites (tertiary alicyclic amines) is 1. The van der Waals surface area contributed by atoms with E-state index in [9.17, 15) is 4.79 Å². The van der Waals surface area contributed by atoms with E-state index in [1.807, 2.05) is 25.7 Å². The van der Waals surface area contributed by atoms with Crippen LogP contribution in [0.1, 0.15) is 66.2 Å². The number of carbonyl (C=O) groups excluding carboxylic acids is 1. The number of nitrogens with two attached hydrogens (primary N) is 1. The normalized spacial score (nSPS) is 28.5. The maximum Gasteiger partial charge on any atom is 0.410 e. The van der Waals surface area contributed by atoms with E-state index in [0.29, 0.717) is 12.1 Å². The van der Waals surface area contributed by atoms with Gasteiger partial charge in [0.2, 0.25) is 0 Å². The number of carbonyl (C=O) groups is 1. The number of rotatable bonds is 3. The molecule has 2 rings (SSSR count). The molecule has 2 aliphatic rings. The Morgan fingerprint density at radius 1 is 1.22 bits per heavy atom. The largest absolute Gasteiger partial charge is 0.444 e. The Morgan fingerprint density at radius 3 is 2.30 bits per heavy atom. The van der Waals surface area contributed by atoms with Crippen LogP contribution >= 0.6 is 0 Å². The van der Waals surface area contributed by atoms with Crippen molar-refractivity contribution < 1.29 is 9.53 Å². The van der Waals surface area contributed by atoms with Crippen LogP contribution in [0.2, 0.25) is 0 Å². The monoisotopic (exact) mass is 325 g/mol. The van der Waals surface area contributed by atoms with Gasteiger partial charge in [-0.15, -0.1) is 0 Å². The molecule has 23 heavy (non-hydrogen) atoms. The number of hydrogen-bond acceptors (Lipinski definition) is 4. The van der Waals surface area contributed by atoms with Gasteiger partial charge in [0.25, 0.3) is 0 Å². The highest BCUT2D eigenvalue weighted by molar-refractivity contribution is 5.68. The molecular formula is C18H35N3O2. The first kappa shape index (κ1) is 18.5. The highest BCUT2D eigenvalue weighted by Gasteiger charge is 2.34. The minimum atomic E-state index is -0.415. The Labute approximate surface area is 141 Å². The molecule has 1 saturated carbocycles. The fourth-order valence-corrected chi connectivity index (χ4v) is 3.45. The quantitative estimate of drug-likeness (QED) is 0.837. The van der Waals surface area contributed by atoms with Gasteiger partial charge >= 0.3 is 6.09 Å². The molecule has 0 atom stereocenters. The predicted molar refractivity (Wildman–Crippen MR) is 93.4 cm³/mol. The smallest absolute Gasteiger partial charge is 0.410 e. The first-order chi connectivity index (χ1) is 10.7. The summed E-state index contributed by atoms with van der Waals surface area (Å²) in [6, 6.07) is 1.02. The second kappa shape index (κ2) is 7.39. The SMILES string of the molecule is CC1(CNC2CCC(N)CC2)CCN(C(=O)OC(C)(C)C)CC1. The Bertz CT molecular complexity index is 390. The van der Waals surface area contributed by atoms with Gasteiger partial charge in [-0.2, -0.15) is 0 Å². The van der Waals surface area contributed by atoms with Crippen LogP contribution in [-0.4, -0.2) is 48.3 Å². The lowest BCUT2D eigenvalue weighted by atomic mass is 9.79. The van der Waals surface area contributed by atoms with E-state index in [1.54, 1.807) is 0 Å². The molecule has 0 spiro atoms. The van der Waals surface area contributed by atoms with Crippen LogP contribution < -0.4 is 11.1 Å². The molecule has 0 unspecified atom stereocenters. The third kappa shape index (κ3) is 5.96. The summed E-state index contributed by atoms with van der Waals surface area (Å²) in [5.41, 5.74) is 5.83. The van der Waals surface area contributed by atoms with E-state index < -0.39 is 5.60 Å². The van der Waals surface area contributed by atoms with E-state index in [-0.39, 0.29) is 11.5 Å². The minimum Gasteiger partial charge on any atom is -0.444 e. The van der Waals surface area contributed by atoms with Crippen molar-refractivity contribution in [2.45, 2.75) is 83.9 Å². The average Bonchev–Trinajstić information content (AvgIpc) is 2.46. The number of ether oxygens (including phenoxy) is 1. The van der Waals surface area contributed by atoms with Gasteiger partial charge in [-0.3, -0.25) is 0 Å². The van der Waals surface area contributed by atoms with Gasteiger partial charge in [0.15, 0.2) is 0 Å². The highest BCUT2D eigenvalue weighted by Crippen LogP contribution is 2.31. The minimum absolute atomic E-state index is 0.172. The molecule has 0 aromatic rings. The Kier molecular flexibility index (Phi) is 5.95. The lowest BCUT2D eigenvalue weighted by molar-refractivity contribution is 0.0116. The summed E-state index contributed by atoms with van der Waals surface area (Å²) in [4.78, 5) is 14.0. The van der Waals surface area contributed by atoms with Crippen molar-refractivity contribution in [3.05, 3.63) is 0 Å². The summed E-state index contributed by atoms with van der Waals surface area (Å²) in [7, 11) is 0. The van der Waals surface area contributed by atoms with Crippen LogP contribution in [0.25, 0.3) is 0 Å². The van der Waals surface area contributed by atoms with Crippen molar-refractivity contribution in [3.63, 3.8) is 0 Å². The molecule has 3 N–H and O–H groups in total. The Balaban J connectivity index is 1.73. The van der Waals surface area contributed by atoms with Gasteiger partial charge in [0.1, 0.15) is 5.60 Å². The summed E-state index contributed by atoms with van der Waals surface area (Å²) in [5.74, 6) is 0. The van der Waals surface area contributed by atoms with Crippen LogP contribution in [-0.2, 0) is 4.74 Å². The van der Waals surface area contributed by atoms with Crippen LogP contribution in [0, 0.1) is 5.41 Å². The van der Waals surface area contributed by atoms with E-state index >= 15 is 0 Å². The molecule has 5 nitrogen and oxygen atoms in total. The third-order valence-electron chi connectivity index (χ3n) is 5.21. The number of hydrogen-bond donors (Lipinski definition) is 2. The molecule has 1 aliphatic heterocycles. The first-order valence-electron chi connectivity index (χ1n) is 9.14. The molecule has 1 saturated heterocycles.